The van der Waals surface area contributed by atoms with E-state index in [2.05, 4.69) is 23.3 Å². The van der Waals surface area contributed by atoms with Gasteiger partial charge in [-0.2, -0.15) is 0 Å². The summed E-state index contributed by atoms with van der Waals surface area (Å²) in [5, 5.41) is 3.60. The third kappa shape index (κ3) is 1.80. The second-order valence-electron chi connectivity index (χ2n) is 4.25. The number of carbonyl (C=O) groups excluding carboxylic acids is 1. The van der Waals surface area contributed by atoms with Crippen LogP contribution in [-0.4, -0.2) is 10.9 Å². The standard InChI is InChI=1S/C12H12N2OS/c1-7-2-5-9-10(6-7)16-12(13-9)14-11(15)8-3-4-8/h2,5-6,8H,3-4H2,1H3,(H,13,14,15). The Bertz CT molecular complexity index is 557. The van der Waals surface area contributed by atoms with E-state index in [1.165, 1.54) is 5.56 Å². The lowest BCUT2D eigenvalue weighted by Crippen LogP contribution is -2.12. The molecule has 0 saturated heterocycles. The number of carbonyl (C=O) groups is 1. The van der Waals surface area contributed by atoms with Crippen LogP contribution in [0.4, 0.5) is 5.13 Å². The summed E-state index contributed by atoms with van der Waals surface area (Å²) >= 11 is 1.54. The van der Waals surface area contributed by atoms with Crippen molar-refractivity contribution >= 4 is 32.6 Å². The summed E-state index contributed by atoms with van der Waals surface area (Å²) in [6.07, 6.45) is 2.05. The molecule has 1 N–H and O–H groups in total. The molecule has 2 aromatic rings. The average molecular weight is 232 g/mol. The number of nitrogens with zero attached hydrogens (tertiary/aromatic N) is 1. The van der Waals surface area contributed by atoms with Crippen LogP contribution in [0.25, 0.3) is 10.2 Å². The highest BCUT2D eigenvalue weighted by Gasteiger charge is 2.30. The molecule has 0 spiro atoms. The quantitative estimate of drug-likeness (QED) is 0.865. The minimum Gasteiger partial charge on any atom is -0.302 e. The predicted molar refractivity (Wildman–Crippen MR) is 65.7 cm³/mol. The normalized spacial score (nSPS) is 15.3. The number of nitrogens with one attached hydrogen (secondary N) is 1. The number of thiazole rings is 1. The molecule has 1 aromatic heterocycles. The Labute approximate surface area is 97.5 Å². The first kappa shape index (κ1) is 9.78. The summed E-state index contributed by atoms with van der Waals surface area (Å²) in [5.41, 5.74) is 2.18. The zero-order chi connectivity index (χ0) is 11.1. The monoisotopic (exact) mass is 232 g/mol. The summed E-state index contributed by atoms with van der Waals surface area (Å²) in [6.45, 7) is 2.06. The molecule has 1 heterocycles. The van der Waals surface area contributed by atoms with Gasteiger partial charge in [-0.3, -0.25) is 4.79 Å². The number of fused-ring (bicyclic) bond motifs is 1. The fraction of sp³-hybridized carbons (Fsp3) is 0.333. The number of hydrogen-bond donors (Lipinski definition) is 1. The van der Waals surface area contributed by atoms with Crippen molar-refractivity contribution in [1.29, 1.82) is 0 Å². The Kier molecular flexibility index (Phi) is 2.17. The van der Waals surface area contributed by atoms with Gasteiger partial charge in [0.15, 0.2) is 5.13 Å². The lowest BCUT2D eigenvalue weighted by molar-refractivity contribution is -0.117. The molecular weight excluding hydrogens is 220 g/mol. The van der Waals surface area contributed by atoms with Gasteiger partial charge in [0.1, 0.15) is 0 Å². The Morgan fingerprint density at radius 1 is 1.50 bits per heavy atom. The van der Waals surface area contributed by atoms with Crippen molar-refractivity contribution in [3.63, 3.8) is 0 Å². The molecule has 16 heavy (non-hydrogen) atoms. The van der Waals surface area contributed by atoms with Gasteiger partial charge in [0.2, 0.25) is 5.91 Å². The first-order valence-corrected chi connectivity index (χ1v) is 6.22. The van der Waals surface area contributed by atoms with Crippen molar-refractivity contribution in [2.45, 2.75) is 19.8 Å². The zero-order valence-electron chi connectivity index (χ0n) is 8.99. The van der Waals surface area contributed by atoms with E-state index in [0.29, 0.717) is 0 Å². The molecular formula is C12H12N2OS. The SMILES string of the molecule is Cc1ccc2nc(NC(=O)C3CC3)sc2c1. The van der Waals surface area contributed by atoms with E-state index in [-0.39, 0.29) is 11.8 Å². The van der Waals surface area contributed by atoms with E-state index in [4.69, 9.17) is 0 Å². The highest BCUT2D eigenvalue weighted by Crippen LogP contribution is 2.32. The smallest absolute Gasteiger partial charge is 0.229 e. The molecule has 1 aromatic carbocycles. The van der Waals surface area contributed by atoms with Crippen LogP contribution in [0.5, 0.6) is 0 Å². The van der Waals surface area contributed by atoms with Crippen molar-refractivity contribution in [1.82, 2.24) is 4.98 Å². The molecule has 0 atom stereocenters. The van der Waals surface area contributed by atoms with Gasteiger partial charge in [-0.25, -0.2) is 4.98 Å². The number of benzene rings is 1. The van der Waals surface area contributed by atoms with E-state index in [9.17, 15) is 4.79 Å². The second kappa shape index (κ2) is 3.56. The van der Waals surface area contributed by atoms with Crippen LogP contribution in [-0.2, 0) is 4.79 Å². The number of hydrogen-bond acceptors (Lipinski definition) is 3. The molecule has 1 fully saturated rings. The molecule has 0 bridgehead atoms. The largest absolute Gasteiger partial charge is 0.302 e. The maximum absolute atomic E-state index is 11.6. The zero-order valence-corrected chi connectivity index (χ0v) is 9.80. The van der Waals surface area contributed by atoms with E-state index in [1.54, 1.807) is 11.3 Å². The van der Waals surface area contributed by atoms with Crippen molar-refractivity contribution < 1.29 is 4.79 Å². The summed E-state index contributed by atoms with van der Waals surface area (Å²) in [7, 11) is 0. The van der Waals surface area contributed by atoms with Gasteiger partial charge in [-0.05, 0) is 37.5 Å². The van der Waals surface area contributed by atoms with Crippen LogP contribution in [0.1, 0.15) is 18.4 Å². The van der Waals surface area contributed by atoms with Gasteiger partial charge >= 0.3 is 0 Å². The number of rotatable bonds is 2. The summed E-state index contributed by atoms with van der Waals surface area (Å²) < 4.78 is 1.13. The van der Waals surface area contributed by atoms with Crippen LogP contribution in [0.3, 0.4) is 0 Å². The Morgan fingerprint density at radius 2 is 2.31 bits per heavy atom. The van der Waals surface area contributed by atoms with E-state index in [1.807, 2.05) is 12.1 Å². The Hall–Kier alpha value is -1.42. The number of amides is 1. The van der Waals surface area contributed by atoms with Crippen molar-refractivity contribution in [2.75, 3.05) is 5.32 Å². The molecule has 1 aliphatic carbocycles. The maximum Gasteiger partial charge on any atom is 0.229 e. The summed E-state index contributed by atoms with van der Waals surface area (Å²) in [5.74, 6) is 0.351. The molecule has 0 radical (unpaired) electrons. The second-order valence-corrected chi connectivity index (χ2v) is 5.28. The van der Waals surface area contributed by atoms with Gasteiger partial charge in [0, 0.05) is 5.92 Å². The van der Waals surface area contributed by atoms with Crippen LogP contribution in [0.2, 0.25) is 0 Å². The van der Waals surface area contributed by atoms with E-state index < -0.39 is 0 Å². The number of aryl methyl sites for hydroxylation is 1. The minimum absolute atomic E-state index is 0.121. The third-order valence-corrected chi connectivity index (χ3v) is 3.66. The van der Waals surface area contributed by atoms with E-state index in [0.717, 1.165) is 28.2 Å². The highest BCUT2D eigenvalue weighted by molar-refractivity contribution is 7.22. The minimum atomic E-state index is 0.121. The molecule has 0 aliphatic heterocycles. The summed E-state index contributed by atoms with van der Waals surface area (Å²) in [4.78, 5) is 16.0. The average Bonchev–Trinajstić information content (AvgIpc) is 3.00. The van der Waals surface area contributed by atoms with Crippen molar-refractivity contribution in [3.05, 3.63) is 23.8 Å². The van der Waals surface area contributed by atoms with Crippen LogP contribution < -0.4 is 5.32 Å². The summed E-state index contributed by atoms with van der Waals surface area (Å²) in [6, 6.07) is 6.13. The highest BCUT2D eigenvalue weighted by atomic mass is 32.1. The molecule has 1 saturated carbocycles. The predicted octanol–water partition coefficient (Wildman–Crippen LogP) is 2.95. The Balaban J connectivity index is 1.89. The molecule has 3 nitrogen and oxygen atoms in total. The fourth-order valence-corrected chi connectivity index (χ4v) is 2.61. The van der Waals surface area contributed by atoms with Crippen molar-refractivity contribution in [2.24, 2.45) is 5.92 Å². The molecule has 1 amide bonds. The van der Waals surface area contributed by atoms with Gasteiger partial charge in [-0.15, -0.1) is 0 Å². The first-order valence-electron chi connectivity index (χ1n) is 5.40. The Morgan fingerprint density at radius 3 is 3.06 bits per heavy atom. The van der Waals surface area contributed by atoms with Gasteiger partial charge < -0.3 is 5.32 Å². The van der Waals surface area contributed by atoms with E-state index >= 15 is 0 Å². The maximum atomic E-state index is 11.6. The van der Waals surface area contributed by atoms with Crippen LogP contribution >= 0.6 is 11.3 Å². The third-order valence-electron chi connectivity index (χ3n) is 2.72. The first-order chi connectivity index (χ1) is 7.72. The topological polar surface area (TPSA) is 42.0 Å². The molecule has 4 heteroatoms. The molecule has 3 rings (SSSR count). The van der Waals surface area contributed by atoms with Gasteiger partial charge in [0.05, 0.1) is 10.2 Å². The van der Waals surface area contributed by atoms with Gasteiger partial charge in [0.25, 0.3) is 0 Å². The van der Waals surface area contributed by atoms with Crippen LogP contribution in [0.15, 0.2) is 18.2 Å². The fourth-order valence-electron chi connectivity index (χ4n) is 1.64. The molecule has 82 valence electrons. The van der Waals surface area contributed by atoms with Crippen LogP contribution in [0, 0.1) is 12.8 Å². The lowest BCUT2D eigenvalue weighted by Gasteiger charge is -1.96. The molecule has 0 unspecified atom stereocenters. The number of anilines is 1. The number of aromatic nitrogens is 1. The molecule has 1 aliphatic rings. The van der Waals surface area contributed by atoms with Gasteiger partial charge in [-0.1, -0.05) is 17.4 Å². The van der Waals surface area contributed by atoms with Crippen molar-refractivity contribution in [3.8, 4) is 0 Å². The lowest BCUT2D eigenvalue weighted by atomic mass is 10.2.